The van der Waals surface area contributed by atoms with Crippen LogP contribution in [0.1, 0.15) is 69.3 Å². The predicted octanol–water partition coefficient (Wildman–Crippen LogP) is 10.9. The van der Waals surface area contributed by atoms with E-state index in [4.69, 9.17) is 13.9 Å². The molecule has 1 heterocycles. The Kier molecular flexibility index (Phi) is 13.7. The maximum Gasteiger partial charge on any atom is 0.305 e. The normalized spacial score (nSPS) is 13.3. The average molecular weight is 824 g/mol. The number of nitrogens with zero attached hydrogens (tertiary/aromatic N) is 1. The molecule has 0 radical (unpaired) electrons. The molecule has 9 heteroatoms. The minimum absolute atomic E-state index is 0.111. The first kappa shape index (κ1) is 43.2. The monoisotopic (exact) mass is 823 g/mol. The van der Waals surface area contributed by atoms with Gasteiger partial charge in [-0.2, -0.15) is 0 Å². The zero-order chi connectivity index (χ0) is 42.2. The van der Waals surface area contributed by atoms with Gasteiger partial charge in [-0.25, -0.2) is 4.39 Å². The van der Waals surface area contributed by atoms with Gasteiger partial charge in [-0.3, -0.25) is 14.3 Å². The van der Waals surface area contributed by atoms with E-state index in [0.717, 1.165) is 27.2 Å². The summed E-state index contributed by atoms with van der Waals surface area (Å²) in [6, 6.07) is 46.4. The van der Waals surface area contributed by atoms with Crippen LogP contribution in [-0.2, 0) is 24.7 Å². The van der Waals surface area contributed by atoms with Gasteiger partial charge >= 0.3 is 5.97 Å². The van der Waals surface area contributed by atoms with Crippen molar-refractivity contribution < 1.29 is 27.8 Å². The van der Waals surface area contributed by atoms with E-state index >= 15 is 0 Å². The molecule has 302 valence electrons. The summed E-state index contributed by atoms with van der Waals surface area (Å²) in [5.41, 5.74) is 9.59. The van der Waals surface area contributed by atoms with Crippen LogP contribution in [0.3, 0.4) is 0 Å². The summed E-state index contributed by atoms with van der Waals surface area (Å²) in [6.45, 7) is 10.4. The van der Waals surface area contributed by atoms with Crippen LogP contribution in [0.4, 0.5) is 4.39 Å². The van der Waals surface area contributed by atoms with Crippen LogP contribution in [0, 0.1) is 17.4 Å². The molecule has 0 aliphatic heterocycles. The third-order valence-electron chi connectivity index (χ3n) is 10.5. The molecule has 5 aromatic carbocycles. The number of hydrogen-bond donors (Lipinski definition) is 1. The van der Waals surface area contributed by atoms with Gasteiger partial charge < -0.3 is 14.1 Å². The highest BCUT2D eigenvalue weighted by Gasteiger charge is 2.52. The second-order valence-corrected chi connectivity index (χ2v) is 22.6. The lowest BCUT2D eigenvalue weighted by atomic mass is 9.91. The minimum atomic E-state index is -3.90. The number of carbonyl (C=O) groups is 1. The fourth-order valence-electron chi connectivity index (χ4n) is 7.70. The summed E-state index contributed by atoms with van der Waals surface area (Å²) in [5.74, 6) is 1.66. The molecule has 6 nitrogen and oxygen atoms in total. The standard InChI is InChI=1S/C50H51FNO5PSi/c1-36(2)49-45(46(38-26-28-40(51)29-27-38)34-47(52-49)44-25-17-16-20-39(44)32-37-18-10-7-11-19-37)30-31-58(55,56-6)35-41(33-48(53)54)57-59(50(3,4)5,42-21-12-8-13-22-42)43-23-14-9-15-24-43/h7-29,34,36,41H,32-33,35H2,1-6H3,(H,53,54)/t41-,58?/m0/s1. The van der Waals surface area contributed by atoms with Crippen LogP contribution >= 0.6 is 7.37 Å². The van der Waals surface area contributed by atoms with Crippen molar-refractivity contribution >= 4 is 32.0 Å². The number of carboxylic acid groups (broad SMARTS) is 1. The predicted molar refractivity (Wildman–Crippen MR) is 240 cm³/mol. The summed E-state index contributed by atoms with van der Waals surface area (Å²) in [4.78, 5) is 17.7. The van der Waals surface area contributed by atoms with Crippen molar-refractivity contribution in [1.29, 1.82) is 0 Å². The lowest BCUT2D eigenvalue weighted by molar-refractivity contribution is -0.138. The molecule has 0 saturated heterocycles. The third kappa shape index (κ3) is 10.1. The number of aromatic nitrogens is 1. The molecule has 1 aromatic heterocycles. The number of hydrogen-bond acceptors (Lipinski definition) is 5. The fourth-order valence-corrected chi connectivity index (χ4v) is 13.9. The van der Waals surface area contributed by atoms with Crippen LogP contribution in [0.5, 0.6) is 0 Å². The average Bonchev–Trinajstić information content (AvgIpc) is 3.22. The van der Waals surface area contributed by atoms with E-state index in [-0.39, 0.29) is 17.9 Å². The van der Waals surface area contributed by atoms with Gasteiger partial charge in [0.1, 0.15) is 5.82 Å². The number of rotatable bonds is 14. The smallest absolute Gasteiger partial charge is 0.305 e. The first-order valence-electron chi connectivity index (χ1n) is 19.8. The van der Waals surface area contributed by atoms with E-state index in [1.807, 2.05) is 111 Å². The summed E-state index contributed by atoms with van der Waals surface area (Å²) < 4.78 is 42.2. The Labute approximate surface area is 349 Å². The lowest BCUT2D eigenvalue weighted by Gasteiger charge is -2.45. The molecule has 0 amide bonds. The van der Waals surface area contributed by atoms with Gasteiger partial charge in [-0.1, -0.05) is 168 Å². The molecular weight excluding hydrogens is 773 g/mol. The van der Waals surface area contributed by atoms with Crippen molar-refractivity contribution in [2.75, 3.05) is 13.3 Å². The van der Waals surface area contributed by atoms with Crippen molar-refractivity contribution in [3.63, 3.8) is 0 Å². The highest BCUT2D eigenvalue weighted by Crippen LogP contribution is 2.48. The van der Waals surface area contributed by atoms with Gasteiger partial charge in [0.05, 0.1) is 35.6 Å². The Hall–Kier alpha value is -5.42. The Morgan fingerprint density at radius 1 is 0.814 bits per heavy atom. The molecule has 1 N–H and O–H groups in total. The van der Waals surface area contributed by atoms with Crippen LogP contribution in [0.15, 0.2) is 146 Å². The van der Waals surface area contributed by atoms with E-state index < -0.39 is 39.2 Å². The molecule has 0 bridgehead atoms. The number of carboxylic acids is 1. The van der Waals surface area contributed by atoms with Gasteiger partial charge in [0.2, 0.25) is 0 Å². The van der Waals surface area contributed by atoms with Crippen molar-refractivity contribution in [2.24, 2.45) is 0 Å². The number of benzene rings is 5. The summed E-state index contributed by atoms with van der Waals surface area (Å²) in [6.07, 6.45) is -0.972. The Bertz CT molecular complexity index is 2440. The summed E-state index contributed by atoms with van der Waals surface area (Å²) in [7, 11) is -5.82. The van der Waals surface area contributed by atoms with Gasteiger partial charge in [-0.05, 0) is 68.3 Å². The maximum absolute atomic E-state index is 14.9. The zero-order valence-electron chi connectivity index (χ0n) is 34.5. The van der Waals surface area contributed by atoms with Crippen LogP contribution in [0.25, 0.3) is 22.4 Å². The quantitative estimate of drug-likeness (QED) is 0.0669. The number of pyridine rings is 1. The van der Waals surface area contributed by atoms with Crippen molar-refractivity contribution in [2.45, 2.75) is 64.5 Å². The molecule has 2 atom stereocenters. The van der Waals surface area contributed by atoms with Crippen molar-refractivity contribution in [3.8, 4) is 34.0 Å². The van der Waals surface area contributed by atoms with E-state index in [9.17, 15) is 18.9 Å². The second kappa shape index (κ2) is 18.7. The van der Waals surface area contributed by atoms with E-state index in [1.54, 1.807) is 12.1 Å². The SMILES string of the molecule is COP(=O)(C#Cc1c(-c2ccc(F)cc2)cc(-c2ccccc2Cc2ccccc2)nc1C(C)C)C[C@H](CC(=O)O)O[Si](c1ccccc1)(c1ccccc1)C(C)(C)C. The highest BCUT2D eigenvalue weighted by molar-refractivity contribution is 7.64. The summed E-state index contributed by atoms with van der Waals surface area (Å²) >= 11 is 0. The van der Waals surface area contributed by atoms with Gasteiger partial charge in [-0.15, -0.1) is 0 Å². The highest BCUT2D eigenvalue weighted by atomic mass is 31.2. The lowest BCUT2D eigenvalue weighted by Crippen LogP contribution is -2.68. The first-order chi connectivity index (χ1) is 28.2. The maximum atomic E-state index is 14.9. The summed E-state index contributed by atoms with van der Waals surface area (Å²) in [5, 5.41) is 11.7. The molecule has 1 unspecified atom stereocenters. The molecule has 0 aliphatic carbocycles. The molecule has 0 aliphatic rings. The minimum Gasteiger partial charge on any atom is -0.481 e. The first-order valence-corrected chi connectivity index (χ1v) is 23.6. The van der Waals surface area contributed by atoms with Gasteiger partial charge in [0, 0.05) is 18.2 Å². The zero-order valence-corrected chi connectivity index (χ0v) is 36.4. The van der Waals surface area contributed by atoms with Gasteiger partial charge in [0.15, 0.2) is 0 Å². The van der Waals surface area contributed by atoms with E-state index in [0.29, 0.717) is 28.8 Å². The molecule has 6 rings (SSSR count). The molecule has 6 aromatic rings. The second-order valence-electron chi connectivity index (χ2n) is 16.1. The topological polar surface area (TPSA) is 85.7 Å². The Morgan fingerprint density at radius 3 is 1.92 bits per heavy atom. The van der Waals surface area contributed by atoms with Gasteiger partial charge in [0.25, 0.3) is 15.7 Å². The van der Waals surface area contributed by atoms with Crippen molar-refractivity contribution in [1.82, 2.24) is 4.98 Å². The third-order valence-corrected chi connectivity index (χ3v) is 17.6. The molecule has 0 spiro atoms. The molecule has 0 saturated carbocycles. The molecular formula is C50H51FNO5PSi. The Morgan fingerprint density at radius 2 is 1.37 bits per heavy atom. The van der Waals surface area contributed by atoms with E-state index in [2.05, 4.69) is 56.6 Å². The largest absolute Gasteiger partial charge is 0.481 e. The van der Waals surface area contributed by atoms with Crippen LogP contribution in [0.2, 0.25) is 5.04 Å². The number of halogens is 1. The molecule has 0 fully saturated rings. The van der Waals surface area contributed by atoms with E-state index in [1.165, 1.54) is 24.8 Å². The van der Waals surface area contributed by atoms with Crippen LogP contribution < -0.4 is 10.4 Å². The Balaban J connectivity index is 1.48. The fraction of sp³-hybridized carbons (Fsp3) is 0.240. The molecule has 59 heavy (non-hydrogen) atoms. The van der Waals surface area contributed by atoms with Crippen LogP contribution in [-0.4, -0.2) is 43.8 Å². The van der Waals surface area contributed by atoms with Crippen molar-refractivity contribution in [3.05, 3.63) is 174 Å². The number of aliphatic carboxylic acids is 1.